The van der Waals surface area contributed by atoms with E-state index >= 15 is 0 Å². The van der Waals surface area contributed by atoms with E-state index in [2.05, 4.69) is 5.32 Å². The van der Waals surface area contributed by atoms with Gasteiger partial charge in [0, 0.05) is 6.04 Å². The topological polar surface area (TPSA) is 38.3 Å². The molecule has 0 bridgehead atoms. The molecule has 1 aromatic rings. The zero-order valence-electron chi connectivity index (χ0n) is 11.7. The maximum Gasteiger partial charge on any atom is 0.416 e. The van der Waals surface area contributed by atoms with Crippen molar-refractivity contribution in [3.05, 3.63) is 35.4 Å². The van der Waals surface area contributed by atoms with Crippen molar-refractivity contribution in [2.75, 3.05) is 13.7 Å². The third-order valence-corrected chi connectivity index (χ3v) is 3.80. The van der Waals surface area contributed by atoms with Gasteiger partial charge in [0.25, 0.3) is 0 Å². The van der Waals surface area contributed by atoms with Crippen molar-refractivity contribution in [1.29, 1.82) is 0 Å². The van der Waals surface area contributed by atoms with Crippen LogP contribution in [0.2, 0.25) is 0 Å². The molecular weight excluding hydrogens is 283 g/mol. The van der Waals surface area contributed by atoms with E-state index in [0.717, 1.165) is 37.9 Å². The smallest absolute Gasteiger partial charge is 0.416 e. The Morgan fingerprint density at radius 2 is 1.95 bits per heavy atom. The van der Waals surface area contributed by atoms with Crippen LogP contribution in [-0.2, 0) is 15.7 Å². The Hall–Kier alpha value is -1.56. The molecule has 1 heterocycles. The van der Waals surface area contributed by atoms with Crippen molar-refractivity contribution >= 4 is 5.97 Å². The van der Waals surface area contributed by atoms with Gasteiger partial charge in [-0.1, -0.05) is 18.6 Å². The van der Waals surface area contributed by atoms with Gasteiger partial charge < -0.3 is 10.1 Å². The normalized spacial score (nSPS) is 20.9. The first-order valence-corrected chi connectivity index (χ1v) is 6.92. The van der Waals surface area contributed by atoms with E-state index in [-0.39, 0.29) is 6.04 Å². The van der Waals surface area contributed by atoms with Crippen LogP contribution in [0.1, 0.15) is 36.3 Å². The van der Waals surface area contributed by atoms with E-state index in [1.54, 1.807) is 0 Å². The number of piperidine rings is 1. The highest BCUT2D eigenvalue weighted by Gasteiger charge is 2.34. The van der Waals surface area contributed by atoms with Crippen LogP contribution < -0.4 is 5.32 Å². The predicted octanol–water partition coefficient (Wildman–Crippen LogP) is 3.10. The highest BCUT2D eigenvalue weighted by atomic mass is 19.4. The van der Waals surface area contributed by atoms with Crippen LogP contribution in [0.4, 0.5) is 13.2 Å². The molecule has 6 heteroatoms. The molecule has 0 radical (unpaired) electrons. The highest BCUT2D eigenvalue weighted by Crippen LogP contribution is 2.32. The lowest BCUT2D eigenvalue weighted by molar-refractivity contribution is -0.143. The van der Waals surface area contributed by atoms with Crippen LogP contribution >= 0.6 is 0 Å². The standard InChI is InChI=1S/C15H18F3NO2/c1-21-14(20)13(12-4-2-3-9-19-12)10-5-7-11(8-6-10)15(16,17)18/h5-8,12-13,19H,2-4,9H2,1H3/t12-,13-/m1/s1. The lowest BCUT2D eigenvalue weighted by Gasteiger charge is -2.30. The fraction of sp³-hybridized carbons (Fsp3) is 0.533. The molecule has 0 aromatic heterocycles. The maximum absolute atomic E-state index is 12.6. The second kappa shape index (κ2) is 6.47. The molecule has 1 aliphatic heterocycles. The number of alkyl halides is 3. The summed E-state index contributed by atoms with van der Waals surface area (Å²) in [5.41, 5.74) is -0.166. The number of hydrogen-bond donors (Lipinski definition) is 1. The predicted molar refractivity (Wildman–Crippen MR) is 71.8 cm³/mol. The molecule has 0 unspecified atom stereocenters. The number of ether oxygens (including phenoxy) is 1. The molecular formula is C15H18F3NO2. The molecule has 2 rings (SSSR count). The van der Waals surface area contributed by atoms with Gasteiger partial charge in [-0.25, -0.2) is 0 Å². The van der Waals surface area contributed by atoms with Crippen molar-refractivity contribution in [3.8, 4) is 0 Å². The summed E-state index contributed by atoms with van der Waals surface area (Å²) in [5, 5.41) is 3.25. The van der Waals surface area contributed by atoms with Gasteiger partial charge in [0.15, 0.2) is 0 Å². The molecule has 21 heavy (non-hydrogen) atoms. The van der Waals surface area contributed by atoms with Crippen LogP contribution in [0.15, 0.2) is 24.3 Å². The Morgan fingerprint density at radius 3 is 2.43 bits per heavy atom. The molecule has 116 valence electrons. The summed E-state index contributed by atoms with van der Waals surface area (Å²) in [6.45, 7) is 0.804. The number of halogens is 3. The summed E-state index contributed by atoms with van der Waals surface area (Å²) in [6.07, 6.45) is -1.54. The number of rotatable bonds is 3. The van der Waals surface area contributed by atoms with Crippen LogP contribution in [0.3, 0.4) is 0 Å². The molecule has 2 atom stereocenters. The molecule has 1 saturated heterocycles. The number of carbonyl (C=O) groups is 1. The van der Waals surface area contributed by atoms with E-state index in [9.17, 15) is 18.0 Å². The highest BCUT2D eigenvalue weighted by molar-refractivity contribution is 5.79. The van der Waals surface area contributed by atoms with Gasteiger partial charge in [0.2, 0.25) is 0 Å². The van der Waals surface area contributed by atoms with Crippen LogP contribution in [0, 0.1) is 0 Å². The Balaban J connectivity index is 2.26. The van der Waals surface area contributed by atoms with Crippen molar-refractivity contribution in [2.45, 2.75) is 37.4 Å². The largest absolute Gasteiger partial charge is 0.469 e. The lowest BCUT2D eigenvalue weighted by Crippen LogP contribution is -2.42. The number of carbonyl (C=O) groups excluding carboxylic acids is 1. The van der Waals surface area contributed by atoms with Gasteiger partial charge in [-0.3, -0.25) is 4.79 Å². The fourth-order valence-corrected chi connectivity index (χ4v) is 2.70. The minimum absolute atomic E-state index is 0.0945. The second-order valence-corrected chi connectivity index (χ2v) is 5.18. The molecule has 0 spiro atoms. The minimum Gasteiger partial charge on any atom is -0.469 e. The van der Waals surface area contributed by atoms with Gasteiger partial charge in [-0.15, -0.1) is 0 Å². The molecule has 1 aliphatic rings. The van der Waals surface area contributed by atoms with Gasteiger partial charge >= 0.3 is 12.1 Å². The molecule has 0 aliphatic carbocycles. The van der Waals surface area contributed by atoms with Crippen molar-refractivity contribution in [1.82, 2.24) is 5.32 Å². The zero-order valence-corrected chi connectivity index (χ0v) is 11.7. The summed E-state index contributed by atoms with van der Waals surface area (Å²) in [5.74, 6) is -0.994. The molecule has 3 nitrogen and oxygen atoms in total. The number of esters is 1. The number of nitrogens with one attached hydrogen (secondary N) is 1. The Morgan fingerprint density at radius 1 is 1.29 bits per heavy atom. The van der Waals surface area contributed by atoms with E-state index in [4.69, 9.17) is 4.74 Å². The van der Waals surface area contributed by atoms with E-state index in [0.29, 0.717) is 5.56 Å². The third kappa shape index (κ3) is 3.75. The van der Waals surface area contributed by atoms with Gasteiger partial charge in [0.1, 0.15) is 0 Å². The molecule has 0 amide bonds. The lowest BCUT2D eigenvalue weighted by atomic mass is 9.86. The van der Waals surface area contributed by atoms with E-state index in [1.165, 1.54) is 19.2 Å². The molecule has 1 fully saturated rings. The maximum atomic E-state index is 12.6. The number of methoxy groups -OCH3 is 1. The third-order valence-electron chi connectivity index (χ3n) is 3.80. The van der Waals surface area contributed by atoms with Crippen molar-refractivity contribution in [3.63, 3.8) is 0 Å². The van der Waals surface area contributed by atoms with Crippen LogP contribution in [0.5, 0.6) is 0 Å². The second-order valence-electron chi connectivity index (χ2n) is 5.18. The minimum atomic E-state index is -4.37. The summed E-state index contributed by atoms with van der Waals surface area (Å²) >= 11 is 0. The number of benzene rings is 1. The fourth-order valence-electron chi connectivity index (χ4n) is 2.70. The monoisotopic (exact) mass is 301 g/mol. The summed E-state index contributed by atoms with van der Waals surface area (Å²) < 4.78 is 42.6. The van der Waals surface area contributed by atoms with Crippen LogP contribution in [0.25, 0.3) is 0 Å². The first-order valence-electron chi connectivity index (χ1n) is 6.92. The Kier molecular flexibility index (Phi) is 4.88. The van der Waals surface area contributed by atoms with Crippen molar-refractivity contribution in [2.24, 2.45) is 0 Å². The first-order chi connectivity index (χ1) is 9.93. The summed E-state index contributed by atoms with van der Waals surface area (Å²) in [7, 11) is 1.29. The van der Waals surface area contributed by atoms with Gasteiger partial charge in [-0.2, -0.15) is 13.2 Å². The molecule has 1 N–H and O–H groups in total. The first kappa shape index (κ1) is 15.8. The quantitative estimate of drug-likeness (QED) is 0.872. The number of hydrogen-bond acceptors (Lipinski definition) is 3. The van der Waals surface area contributed by atoms with Crippen LogP contribution in [-0.4, -0.2) is 25.7 Å². The van der Waals surface area contributed by atoms with Gasteiger partial charge in [-0.05, 0) is 37.1 Å². The summed E-state index contributed by atoms with van der Waals surface area (Å²) in [4.78, 5) is 12.0. The molecule has 1 aromatic carbocycles. The van der Waals surface area contributed by atoms with Gasteiger partial charge in [0.05, 0.1) is 18.6 Å². The molecule has 0 saturated carbocycles. The van der Waals surface area contributed by atoms with Crippen molar-refractivity contribution < 1.29 is 22.7 Å². The SMILES string of the molecule is COC(=O)[C@H](c1ccc(C(F)(F)F)cc1)[C@H]1CCCCN1. The summed E-state index contributed by atoms with van der Waals surface area (Å²) in [6, 6.07) is 4.65. The Labute approximate surface area is 121 Å². The van der Waals surface area contributed by atoms with E-state index in [1.807, 2.05) is 0 Å². The zero-order chi connectivity index (χ0) is 15.5. The Bertz CT molecular complexity index is 479. The average Bonchev–Trinajstić information content (AvgIpc) is 2.48. The van der Waals surface area contributed by atoms with E-state index < -0.39 is 23.6 Å². The average molecular weight is 301 g/mol.